The second kappa shape index (κ2) is 8.12. The average Bonchev–Trinajstić information content (AvgIpc) is 3.43. The van der Waals surface area contributed by atoms with Crippen LogP contribution in [0.2, 0.25) is 0 Å². The van der Waals surface area contributed by atoms with E-state index in [1.807, 2.05) is 29.0 Å². The third-order valence-electron chi connectivity index (χ3n) is 4.98. The fourth-order valence-electron chi connectivity index (χ4n) is 3.51. The molecule has 2 N–H and O–H groups in total. The van der Waals surface area contributed by atoms with Crippen LogP contribution in [0.5, 0.6) is 5.75 Å². The van der Waals surface area contributed by atoms with Gasteiger partial charge in [-0.15, -0.1) is 0 Å². The number of rotatable bonds is 6. The van der Waals surface area contributed by atoms with E-state index in [9.17, 15) is 4.79 Å². The number of nitrogens with one attached hydrogen (secondary N) is 2. The highest BCUT2D eigenvalue weighted by Gasteiger charge is 2.20. The van der Waals surface area contributed by atoms with Crippen molar-refractivity contribution < 1.29 is 9.53 Å². The smallest absolute Gasteiger partial charge is 0.259 e. The van der Waals surface area contributed by atoms with Crippen LogP contribution in [0, 0.1) is 0 Å². The van der Waals surface area contributed by atoms with Gasteiger partial charge in [0.25, 0.3) is 5.91 Å². The molecule has 3 aromatic rings. The number of anilines is 2. The number of carbonyl (C=O) groups is 1. The number of methoxy groups -OCH3 is 1. The van der Waals surface area contributed by atoms with Gasteiger partial charge in [-0.1, -0.05) is 12.8 Å². The lowest BCUT2D eigenvalue weighted by molar-refractivity contribution is 0.102. The van der Waals surface area contributed by atoms with Crippen molar-refractivity contribution in [2.75, 3.05) is 17.7 Å². The minimum Gasteiger partial charge on any atom is -0.494 e. The molecule has 28 heavy (non-hydrogen) atoms. The highest BCUT2D eigenvalue weighted by Crippen LogP contribution is 2.29. The maximum absolute atomic E-state index is 12.9. The van der Waals surface area contributed by atoms with Crippen LogP contribution in [0.3, 0.4) is 0 Å². The van der Waals surface area contributed by atoms with Crippen LogP contribution in [0.4, 0.5) is 11.5 Å². The van der Waals surface area contributed by atoms with Gasteiger partial charge in [0.05, 0.1) is 30.4 Å². The maximum Gasteiger partial charge on any atom is 0.259 e. The van der Waals surface area contributed by atoms with Gasteiger partial charge in [0.2, 0.25) is 0 Å². The highest BCUT2D eigenvalue weighted by atomic mass is 16.5. The highest BCUT2D eigenvalue weighted by molar-refractivity contribution is 6.08. The van der Waals surface area contributed by atoms with Gasteiger partial charge in [0.15, 0.2) is 0 Å². The summed E-state index contributed by atoms with van der Waals surface area (Å²) in [5.41, 5.74) is 2.03. The minimum atomic E-state index is -0.220. The van der Waals surface area contributed by atoms with Crippen molar-refractivity contribution in [3.05, 3.63) is 60.8 Å². The van der Waals surface area contributed by atoms with Gasteiger partial charge in [-0.05, 0) is 37.1 Å². The topological polar surface area (TPSA) is 81.1 Å². The number of amides is 1. The Balaban J connectivity index is 1.55. The SMILES string of the molecule is COc1cc(-n2ccnc2)ccc1NC(=O)c1cccnc1NC1CCCC1. The minimum absolute atomic E-state index is 0.220. The molecule has 7 nitrogen and oxygen atoms in total. The van der Waals surface area contributed by atoms with Crippen LogP contribution >= 0.6 is 0 Å². The predicted octanol–water partition coefficient (Wildman–Crippen LogP) is 3.88. The summed E-state index contributed by atoms with van der Waals surface area (Å²) in [5.74, 6) is 0.983. The molecule has 2 heterocycles. The zero-order valence-corrected chi connectivity index (χ0v) is 15.8. The van der Waals surface area contributed by atoms with E-state index in [1.54, 1.807) is 38.0 Å². The molecule has 2 aromatic heterocycles. The standard InChI is InChI=1S/C21H23N5O2/c1-28-19-13-16(26-12-11-22-14-26)8-9-18(19)25-21(27)17-7-4-10-23-20(17)24-15-5-2-3-6-15/h4,7-15H,2-3,5-6H2,1H3,(H,23,24)(H,25,27). The molecular formula is C21H23N5O2. The fraction of sp³-hybridized carbons (Fsp3) is 0.286. The lowest BCUT2D eigenvalue weighted by Gasteiger charge is -2.16. The average molecular weight is 377 g/mol. The molecule has 0 unspecified atom stereocenters. The van der Waals surface area contributed by atoms with Crippen molar-refractivity contribution >= 4 is 17.4 Å². The van der Waals surface area contributed by atoms with E-state index >= 15 is 0 Å². The molecule has 0 aliphatic heterocycles. The molecule has 1 fully saturated rings. The molecule has 7 heteroatoms. The van der Waals surface area contributed by atoms with Crippen molar-refractivity contribution in [1.29, 1.82) is 0 Å². The van der Waals surface area contributed by atoms with Crippen molar-refractivity contribution in [1.82, 2.24) is 14.5 Å². The molecule has 0 radical (unpaired) electrons. The van der Waals surface area contributed by atoms with Crippen LogP contribution in [0.15, 0.2) is 55.2 Å². The summed E-state index contributed by atoms with van der Waals surface area (Å²) in [4.78, 5) is 21.4. The zero-order valence-electron chi connectivity index (χ0n) is 15.8. The van der Waals surface area contributed by atoms with Crippen molar-refractivity contribution in [3.63, 3.8) is 0 Å². The van der Waals surface area contributed by atoms with Gasteiger partial charge >= 0.3 is 0 Å². The number of imidazole rings is 1. The van der Waals surface area contributed by atoms with Crippen LogP contribution in [0.1, 0.15) is 36.0 Å². The van der Waals surface area contributed by atoms with Crippen molar-refractivity contribution in [3.8, 4) is 11.4 Å². The number of pyridine rings is 1. The first-order valence-corrected chi connectivity index (χ1v) is 9.44. The third-order valence-corrected chi connectivity index (χ3v) is 4.98. The Bertz CT molecular complexity index is 949. The van der Waals surface area contributed by atoms with Crippen LogP contribution in [0.25, 0.3) is 5.69 Å². The molecule has 0 spiro atoms. The summed E-state index contributed by atoms with van der Waals surface area (Å²) in [6.45, 7) is 0. The van der Waals surface area contributed by atoms with Gasteiger partial charge in [-0.2, -0.15) is 0 Å². The lowest BCUT2D eigenvalue weighted by Crippen LogP contribution is -2.21. The Kier molecular flexibility index (Phi) is 5.23. The number of aromatic nitrogens is 3. The number of hydrogen-bond donors (Lipinski definition) is 2. The Morgan fingerprint density at radius 2 is 2.07 bits per heavy atom. The van der Waals surface area contributed by atoms with Gasteiger partial charge in [0.1, 0.15) is 11.6 Å². The van der Waals surface area contributed by atoms with E-state index in [0.29, 0.717) is 28.9 Å². The summed E-state index contributed by atoms with van der Waals surface area (Å²) in [6.07, 6.45) is 11.6. The van der Waals surface area contributed by atoms with E-state index < -0.39 is 0 Å². The van der Waals surface area contributed by atoms with E-state index in [4.69, 9.17) is 4.74 Å². The largest absolute Gasteiger partial charge is 0.494 e. The van der Waals surface area contributed by atoms with E-state index in [1.165, 1.54) is 12.8 Å². The van der Waals surface area contributed by atoms with Crippen LogP contribution in [-0.2, 0) is 0 Å². The number of benzene rings is 1. The Hall–Kier alpha value is -3.35. The van der Waals surface area contributed by atoms with Crippen LogP contribution in [-0.4, -0.2) is 33.6 Å². The predicted molar refractivity (Wildman–Crippen MR) is 108 cm³/mol. The Morgan fingerprint density at radius 3 is 2.82 bits per heavy atom. The molecule has 1 amide bonds. The second-order valence-corrected chi connectivity index (χ2v) is 6.83. The molecule has 0 atom stereocenters. The first kappa shape index (κ1) is 18.0. The maximum atomic E-state index is 12.9. The summed E-state index contributed by atoms with van der Waals surface area (Å²) in [6, 6.07) is 9.52. The molecule has 1 saturated carbocycles. The lowest BCUT2D eigenvalue weighted by atomic mass is 10.2. The molecule has 144 valence electrons. The van der Waals surface area contributed by atoms with E-state index in [0.717, 1.165) is 18.5 Å². The normalized spacial score (nSPS) is 14.0. The molecule has 0 saturated heterocycles. The molecule has 4 rings (SSSR count). The molecule has 1 aromatic carbocycles. The first-order valence-electron chi connectivity index (χ1n) is 9.44. The first-order chi connectivity index (χ1) is 13.7. The molecule has 1 aliphatic carbocycles. The summed E-state index contributed by atoms with van der Waals surface area (Å²) < 4.78 is 7.35. The van der Waals surface area contributed by atoms with Gasteiger partial charge < -0.3 is 19.9 Å². The van der Waals surface area contributed by atoms with E-state index in [-0.39, 0.29) is 5.91 Å². The monoisotopic (exact) mass is 377 g/mol. The van der Waals surface area contributed by atoms with Gasteiger partial charge in [0, 0.05) is 30.7 Å². The fourth-order valence-corrected chi connectivity index (χ4v) is 3.51. The third kappa shape index (κ3) is 3.83. The van der Waals surface area contributed by atoms with Crippen molar-refractivity contribution in [2.24, 2.45) is 0 Å². The van der Waals surface area contributed by atoms with Gasteiger partial charge in [-0.3, -0.25) is 4.79 Å². The number of carbonyl (C=O) groups excluding carboxylic acids is 1. The van der Waals surface area contributed by atoms with E-state index in [2.05, 4.69) is 20.6 Å². The number of hydrogen-bond acceptors (Lipinski definition) is 5. The molecule has 0 bridgehead atoms. The number of ether oxygens (including phenoxy) is 1. The number of nitrogens with zero attached hydrogens (tertiary/aromatic N) is 3. The molecular weight excluding hydrogens is 354 g/mol. The Labute approximate surface area is 163 Å². The van der Waals surface area contributed by atoms with Crippen LogP contribution < -0.4 is 15.4 Å². The summed E-state index contributed by atoms with van der Waals surface area (Å²) in [7, 11) is 1.58. The Morgan fingerprint density at radius 1 is 1.21 bits per heavy atom. The summed E-state index contributed by atoms with van der Waals surface area (Å²) >= 11 is 0. The van der Waals surface area contributed by atoms with Crippen molar-refractivity contribution in [2.45, 2.75) is 31.7 Å². The second-order valence-electron chi connectivity index (χ2n) is 6.83. The summed E-state index contributed by atoms with van der Waals surface area (Å²) in [5, 5.41) is 6.37. The van der Waals surface area contributed by atoms with Gasteiger partial charge in [-0.25, -0.2) is 9.97 Å². The zero-order chi connectivity index (χ0) is 19.3. The molecule has 1 aliphatic rings. The quantitative estimate of drug-likeness (QED) is 0.681.